The first-order valence-corrected chi connectivity index (χ1v) is 4.57. The fraction of sp³-hybridized carbons (Fsp3) is 0.700. The van der Waals surface area contributed by atoms with E-state index < -0.39 is 5.97 Å². The zero-order valence-corrected chi connectivity index (χ0v) is 7.38. The van der Waals surface area contributed by atoms with Gasteiger partial charge in [-0.1, -0.05) is 12.2 Å². The predicted molar refractivity (Wildman–Crippen MR) is 48.0 cm³/mol. The van der Waals surface area contributed by atoms with E-state index >= 15 is 0 Å². The molecular formula is C10H16O2. The van der Waals surface area contributed by atoms with E-state index in [2.05, 4.69) is 6.58 Å². The summed E-state index contributed by atoms with van der Waals surface area (Å²) in [6.45, 7) is 3.94. The van der Waals surface area contributed by atoms with Crippen molar-refractivity contribution in [1.29, 1.82) is 0 Å². The predicted octanol–water partition coefficient (Wildman–Crippen LogP) is 2.60. The summed E-state index contributed by atoms with van der Waals surface area (Å²) in [5.41, 5.74) is 1.29. The van der Waals surface area contributed by atoms with E-state index in [0.29, 0.717) is 12.3 Å². The van der Waals surface area contributed by atoms with Crippen molar-refractivity contribution in [2.24, 2.45) is 5.92 Å². The van der Waals surface area contributed by atoms with Crippen molar-refractivity contribution in [2.45, 2.75) is 38.5 Å². The molecule has 1 fully saturated rings. The summed E-state index contributed by atoms with van der Waals surface area (Å²) in [7, 11) is 0. The maximum absolute atomic E-state index is 10.4. The number of rotatable bonds is 2. The Bertz CT molecular complexity index is 184. The molecule has 1 atom stereocenters. The van der Waals surface area contributed by atoms with Gasteiger partial charge in [-0.25, -0.2) is 0 Å². The molecule has 0 saturated heterocycles. The molecule has 0 spiro atoms. The molecule has 0 amide bonds. The lowest BCUT2D eigenvalue weighted by Crippen LogP contribution is -2.06. The molecule has 0 aromatic heterocycles. The first kappa shape index (κ1) is 9.30. The molecule has 0 aromatic rings. The maximum atomic E-state index is 10.4. The van der Waals surface area contributed by atoms with Gasteiger partial charge >= 0.3 is 5.97 Å². The average molecular weight is 168 g/mol. The van der Waals surface area contributed by atoms with E-state index in [1.165, 1.54) is 5.57 Å². The summed E-state index contributed by atoms with van der Waals surface area (Å²) >= 11 is 0. The molecule has 0 heterocycles. The highest BCUT2D eigenvalue weighted by Crippen LogP contribution is 2.27. The van der Waals surface area contributed by atoms with Crippen molar-refractivity contribution in [2.75, 3.05) is 0 Å². The first-order chi connectivity index (χ1) is 5.68. The summed E-state index contributed by atoms with van der Waals surface area (Å²) in [5.74, 6) is -0.269. The summed E-state index contributed by atoms with van der Waals surface area (Å²) < 4.78 is 0. The van der Waals surface area contributed by atoms with Crippen LogP contribution in [0.25, 0.3) is 0 Å². The molecule has 1 aliphatic rings. The standard InChI is InChI=1S/C10H16O2/c1-8-3-2-4-9(6-5-8)7-10(11)12/h9H,1-7H2,(H,11,12). The lowest BCUT2D eigenvalue weighted by Gasteiger charge is -2.09. The number of carboxylic acids is 1. The van der Waals surface area contributed by atoms with E-state index in [0.717, 1.165) is 32.1 Å². The van der Waals surface area contributed by atoms with Gasteiger partial charge in [-0.05, 0) is 38.0 Å². The largest absolute Gasteiger partial charge is 0.481 e. The molecule has 1 aliphatic carbocycles. The van der Waals surface area contributed by atoms with E-state index in [-0.39, 0.29) is 0 Å². The number of hydrogen-bond acceptors (Lipinski definition) is 1. The van der Waals surface area contributed by atoms with Crippen LogP contribution in [0.5, 0.6) is 0 Å². The molecule has 1 unspecified atom stereocenters. The monoisotopic (exact) mass is 168 g/mol. The molecule has 0 radical (unpaired) electrons. The highest BCUT2D eigenvalue weighted by Gasteiger charge is 2.16. The zero-order valence-electron chi connectivity index (χ0n) is 7.38. The van der Waals surface area contributed by atoms with E-state index in [1.54, 1.807) is 0 Å². The van der Waals surface area contributed by atoms with Gasteiger partial charge in [0.05, 0.1) is 0 Å². The lowest BCUT2D eigenvalue weighted by atomic mass is 9.97. The van der Waals surface area contributed by atoms with Crippen molar-refractivity contribution in [1.82, 2.24) is 0 Å². The van der Waals surface area contributed by atoms with Gasteiger partial charge in [0, 0.05) is 6.42 Å². The van der Waals surface area contributed by atoms with Gasteiger partial charge in [0.2, 0.25) is 0 Å². The maximum Gasteiger partial charge on any atom is 0.303 e. The van der Waals surface area contributed by atoms with Gasteiger partial charge in [-0.2, -0.15) is 0 Å². The Labute approximate surface area is 73.3 Å². The highest BCUT2D eigenvalue weighted by molar-refractivity contribution is 5.67. The number of hydrogen-bond donors (Lipinski definition) is 1. The van der Waals surface area contributed by atoms with Gasteiger partial charge in [-0.3, -0.25) is 4.79 Å². The summed E-state index contributed by atoms with van der Waals surface area (Å²) in [4.78, 5) is 10.4. The molecule has 2 nitrogen and oxygen atoms in total. The van der Waals surface area contributed by atoms with Crippen LogP contribution < -0.4 is 0 Å². The van der Waals surface area contributed by atoms with Crippen LogP contribution in [0.15, 0.2) is 12.2 Å². The topological polar surface area (TPSA) is 37.3 Å². The Morgan fingerprint density at radius 2 is 2.25 bits per heavy atom. The summed E-state index contributed by atoms with van der Waals surface area (Å²) in [6.07, 6.45) is 5.66. The molecule has 2 heteroatoms. The van der Waals surface area contributed by atoms with Crippen LogP contribution in [0.3, 0.4) is 0 Å². The van der Waals surface area contributed by atoms with Crippen LogP contribution in [-0.4, -0.2) is 11.1 Å². The van der Waals surface area contributed by atoms with Gasteiger partial charge in [0.25, 0.3) is 0 Å². The Morgan fingerprint density at radius 1 is 1.50 bits per heavy atom. The van der Waals surface area contributed by atoms with E-state index in [4.69, 9.17) is 5.11 Å². The molecule has 12 heavy (non-hydrogen) atoms. The van der Waals surface area contributed by atoms with Crippen molar-refractivity contribution in [3.05, 3.63) is 12.2 Å². The van der Waals surface area contributed by atoms with Crippen LogP contribution >= 0.6 is 0 Å². The molecule has 0 bridgehead atoms. The van der Waals surface area contributed by atoms with Crippen molar-refractivity contribution in [3.63, 3.8) is 0 Å². The Kier molecular flexibility index (Phi) is 3.32. The second-order valence-corrected chi connectivity index (χ2v) is 3.64. The molecular weight excluding hydrogens is 152 g/mol. The number of carboxylic acid groups (broad SMARTS) is 1. The van der Waals surface area contributed by atoms with Crippen molar-refractivity contribution < 1.29 is 9.90 Å². The third-order valence-corrected chi connectivity index (χ3v) is 2.51. The second kappa shape index (κ2) is 4.29. The Morgan fingerprint density at radius 3 is 2.92 bits per heavy atom. The summed E-state index contributed by atoms with van der Waals surface area (Å²) in [6, 6.07) is 0. The molecule has 1 rings (SSSR count). The number of allylic oxidation sites excluding steroid dienone is 1. The minimum absolute atomic E-state index is 0.341. The van der Waals surface area contributed by atoms with Crippen LogP contribution in [0, 0.1) is 5.92 Å². The van der Waals surface area contributed by atoms with Crippen LogP contribution in [0.4, 0.5) is 0 Å². The van der Waals surface area contributed by atoms with Gasteiger partial charge in [0.15, 0.2) is 0 Å². The van der Waals surface area contributed by atoms with Crippen molar-refractivity contribution >= 4 is 5.97 Å². The SMILES string of the molecule is C=C1CCCC(CC(=O)O)CC1. The summed E-state index contributed by atoms with van der Waals surface area (Å²) in [5, 5.41) is 8.60. The molecule has 1 N–H and O–H groups in total. The number of aliphatic carboxylic acids is 1. The zero-order chi connectivity index (χ0) is 8.97. The average Bonchev–Trinajstić information content (AvgIpc) is 2.15. The Balaban J connectivity index is 2.35. The van der Waals surface area contributed by atoms with Crippen molar-refractivity contribution in [3.8, 4) is 0 Å². The first-order valence-electron chi connectivity index (χ1n) is 4.57. The minimum atomic E-state index is -0.660. The Hall–Kier alpha value is -0.790. The second-order valence-electron chi connectivity index (χ2n) is 3.64. The van der Waals surface area contributed by atoms with Crippen LogP contribution in [-0.2, 0) is 4.79 Å². The fourth-order valence-corrected chi connectivity index (χ4v) is 1.77. The third kappa shape index (κ3) is 3.07. The van der Waals surface area contributed by atoms with Gasteiger partial charge in [0.1, 0.15) is 0 Å². The lowest BCUT2D eigenvalue weighted by molar-refractivity contribution is -0.138. The smallest absolute Gasteiger partial charge is 0.303 e. The minimum Gasteiger partial charge on any atom is -0.481 e. The fourth-order valence-electron chi connectivity index (χ4n) is 1.77. The normalized spacial score (nSPS) is 25.0. The number of carbonyl (C=O) groups is 1. The highest BCUT2D eigenvalue weighted by atomic mass is 16.4. The third-order valence-electron chi connectivity index (χ3n) is 2.51. The molecule has 0 aromatic carbocycles. The van der Waals surface area contributed by atoms with Gasteiger partial charge < -0.3 is 5.11 Å². The van der Waals surface area contributed by atoms with Crippen LogP contribution in [0.1, 0.15) is 38.5 Å². The quantitative estimate of drug-likeness (QED) is 0.508. The van der Waals surface area contributed by atoms with E-state index in [9.17, 15) is 4.79 Å². The molecule has 1 saturated carbocycles. The van der Waals surface area contributed by atoms with Gasteiger partial charge in [-0.15, -0.1) is 0 Å². The van der Waals surface area contributed by atoms with E-state index in [1.807, 2.05) is 0 Å². The van der Waals surface area contributed by atoms with Crippen LogP contribution in [0.2, 0.25) is 0 Å². The molecule has 68 valence electrons. The molecule has 0 aliphatic heterocycles.